The minimum Gasteiger partial charge on any atom is -0.495 e. The lowest BCUT2D eigenvalue weighted by Gasteiger charge is -2.18. The van der Waals surface area contributed by atoms with E-state index in [0.717, 1.165) is 5.69 Å². The van der Waals surface area contributed by atoms with Crippen molar-refractivity contribution in [3.8, 4) is 5.75 Å². The number of carbonyl (C=O) groups excluding carboxylic acids is 1. The Hall–Kier alpha value is -1.91. The van der Waals surface area contributed by atoms with Gasteiger partial charge >= 0.3 is 0 Å². The van der Waals surface area contributed by atoms with Crippen LogP contribution < -0.4 is 21.1 Å². The summed E-state index contributed by atoms with van der Waals surface area (Å²) in [6.07, 6.45) is 0. The Bertz CT molecular complexity index is 366. The number of amides is 1. The maximum absolute atomic E-state index is 10.7. The molecule has 5 nitrogen and oxygen atoms in total. The Balaban J connectivity index is 2.90. The summed E-state index contributed by atoms with van der Waals surface area (Å²) < 4.78 is 5.07. The summed E-state index contributed by atoms with van der Waals surface area (Å²) in [6, 6.07) is 5.30. The highest BCUT2D eigenvalue weighted by Crippen LogP contribution is 2.26. The van der Waals surface area contributed by atoms with Crippen LogP contribution in [0.25, 0.3) is 0 Å². The van der Waals surface area contributed by atoms with E-state index < -0.39 is 0 Å². The van der Waals surface area contributed by atoms with E-state index >= 15 is 0 Å². The summed E-state index contributed by atoms with van der Waals surface area (Å²) in [5.74, 6) is 0.206. The molecule has 0 atom stereocenters. The van der Waals surface area contributed by atoms with E-state index in [1.807, 2.05) is 0 Å². The van der Waals surface area contributed by atoms with Gasteiger partial charge < -0.3 is 21.1 Å². The van der Waals surface area contributed by atoms with Gasteiger partial charge in [-0.3, -0.25) is 4.79 Å². The Kier molecular flexibility index (Phi) is 3.38. The second-order valence-electron chi connectivity index (χ2n) is 3.25. The maximum Gasteiger partial charge on any atom is 0.236 e. The average molecular weight is 209 g/mol. The van der Waals surface area contributed by atoms with Gasteiger partial charge in [0, 0.05) is 18.8 Å². The Morgan fingerprint density at radius 3 is 2.73 bits per heavy atom. The largest absolute Gasteiger partial charge is 0.495 e. The summed E-state index contributed by atoms with van der Waals surface area (Å²) in [7, 11) is 3.32. The lowest BCUT2D eigenvalue weighted by Crippen LogP contribution is -2.30. The number of rotatable bonds is 4. The molecule has 15 heavy (non-hydrogen) atoms. The highest BCUT2D eigenvalue weighted by atomic mass is 16.5. The Morgan fingerprint density at radius 1 is 1.53 bits per heavy atom. The fourth-order valence-corrected chi connectivity index (χ4v) is 1.26. The number of benzene rings is 1. The van der Waals surface area contributed by atoms with Crippen LogP contribution in [0, 0.1) is 0 Å². The van der Waals surface area contributed by atoms with Crippen molar-refractivity contribution in [3.63, 3.8) is 0 Å². The minimum atomic E-state index is -0.381. The average Bonchev–Trinajstić information content (AvgIpc) is 2.17. The first-order valence-corrected chi connectivity index (χ1v) is 4.47. The Morgan fingerprint density at radius 2 is 2.20 bits per heavy atom. The predicted molar refractivity (Wildman–Crippen MR) is 59.9 cm³/mol. The molecule has 0 aliphatic heterocycles. The number of nitrogens with two attached hydrogens (primary N) is 2. The first-order chi connectivity index (χ1) is 7.04. The van der Waals surface area contributed by atoms with E-state index in [9.17, 15) is 4.79 Å². The molecule has 1 aromatic rings. The number of likely N-dealkylation sites (N-methyl/N-ethyl adjacent to an activating group) is 1. The number of carbonyl (C=O) groups is 1. The van der Waals surface area contributed by atoms with Gasteiger partial charge in [-0.2, -0.15) is 0 Å². The quantitative estimate of drug-likeness (QED) is 0.694. The summed E-state index contributed by atoms with van der Waals surface area (Å²) in [5, 5.41) is 0. The number of hydrogen-bond donors (Lipinski definition) is 2. The molecule has 0 spiro atoms. The van der Waals surface area contributed by atoms with Crippen LogP contribution in [-0.4, -0.2) is 26.6 Å². The fraction of sp³-hybridized carbons (Fsp3) is 0.300. The lowest BCUT2D eigenvalue weighted by atomic mass is 10.2. The molecule has 0 saturated heterocycles. The smallest absolute Gasteiger partial charge is 0.236 e. The summed E-state index contributed by atoms with van der Waals surface area (Å²) in [5.41, 5.74) is 12.2. The van der Waals surface area contributed by atoms with Crippen LogP contribution in [0.15, 0.2) is 18.2 Å². The third-order valence-corrected chi connectivity index (χ3v) is 2.05. The van der Waals surface area contributed by atoms with Crippen LogP contribution in [0.3, 0.4) is 0 Å². The summed E-state index contributed by atoms with van der Waals surface area (Å²) in [6.45, 7) is 0.160. The van der Waals surface area contributed by atoms with Gasteiger partial charge in [-0.15, -0.1) is 0 Å². The van der Waals surface area contributed by atoms with Crippen LogP contribution in [0.5, 0.6) is 5.75 Å². The molecule has 0 saturated carbocycles. The molecule has 1 amide bonds. The molecule has 5 heteroatoms. The van der Waals surface area contributed by atoms with Crippen molar-refractivity contribution in [3.05, 3.63) is 18.2 Å². The fourth-order valence-electron chi connectivity index (χ4n) is 1.26. The van der Waals surface area contributed by atoms with Crippen LogP contribution in [0.4, 0.5) is 11.4 Å². The second-order valence-corrected chi connectivity index (χ2v) is 3.25. The summed E-state index contributed by atoms with van der Waals surface area (Å²) >= 11 is 0. The van der Waals surface area contributed by atoms with E-state index in [0.29, 0.717) is 11.4 Å². The van der Waals surface area contributed by atoms with Crippen molar-refractivity contribution in [2.75, 3.05) is 31.3 Å². The topological polar surface area (TPSA) is 81.6 Å². The lowest BCUT2D eigenvalue weighted by molar-refractivity contribution is -0.116. The van der Waals surface area contributed by atoms with E-state index in [1.165, 1.54) is 0 Å². The normalized spacial score (nSPS) is 9.73. The van der Waals surface area contributed by atoms with Crippen LogP contribution in [-0.2, 0) is 4.79 Å². The number of hydrogen-bond acceptors (Lipinski definition) is 4. The number of nitrogen functional groups attached to an aromatic ring is 1. The molecule has 0 aromatic heterocycles. The van der Waals surface area contributed by atoms with Gasteiger partial charge in [-0.25, -0.2) is 0 Å². The van der Waals surface area contributed by atoms with Crippen molar-refractivity contribution in [1.29, 1.82) is 0 Å². The molecule has 1 aromatic carbocycles. The highest BCUT2D eigenvalue weighted by molar-refractivity contribution is 5.79. The zero-order valence-corrected chi connectivity index (χ0v) is 8.86. The highest BCUT2D eigenvalue weighted by Gasteiger charge is 2.06. The molecule has 0 aliphatic rings. The third-order valence-electron chi connectivity index (χ3n) is 2.05. The van der Waals surface area contributed by atoms with Crippen LogP contribution >= 0.6 is 0 Å². The van der Waals surface area contributed by atoms with Gasteiger partial charge in [0.05, 0.1) is 19.3 Å². The van der Waals surface area contributed by atoms with Crippen molar-refractivity contribution < 1.29 is 9.53 Å². The van der Waals surface area contributed by atoms with Gasteiger partial charge in [0.15, 0.2) is 0 Å². The zero-order chi connectivity index (χ0) is 11.4. The molecule has 0 bridgehead atoms. The Labute approximate surface area is 88.6 Å². The predicted octanol–water partition coefficient (Wildman–Crippen LogP) is 0.199. The molecule has 4 N–H and O–H groups in total. The van der Waals surface area contributed by atoms with Gasteiger partial charge in [0.1, 0.15) is 5.75 Å². The number of methoxy groups -OCH3 is 1. The second kappa shape index (κ2) is 4.54. The zero-order valence-electron chi connectivity index (χ0n) is 8.86. The monoisotopic (exact) mass is 209 g/mol. The van der Waals surface area contributed by atoms with Crippen LogP contribution in [0.1, 0.15) is 0 Å². The van der Waals surface area contributed by atoms with E-state index in [4.69, 9.17) is 16.2 Å². The van der Waals surface area contributed by atoms with Gasteiger partial charge in [-0.1, -0.05) is 0 Å². The van der Waals surface area contributed by atoms with E-state index in [-0.39, 0.29) is 12.5 Å². The molecule has 0 unspecified atom stereocenters. The standard InChI is InChI=1S/C10H15N3O2/c1-13(6-10(12)14)7-3-4-8(11)9(5-7)15-2/h3-5H,6,11H2,1-2H3,(H2,12,14). The van der Waals surface area contributed by atoms with Crippen molar-refractivity contribution in [1.82, 2.24) is 0 Å². The summed E-state index contributed by atoms with van der Waals surface area (Å²) in [4.78, 5) is 12.5. The van der Waals surface area contributed by atoms with Crippen molar-refractivity contribution >= 4 is 17.3 Å². The van der Waals surface area contributed by atoms with Crippen molar-refractivity contribution in [2.45, 2.75) is 0 Å². The third kappa shape index (κ3) is 2.77. The molecule has 0 aliphatic carbocycles. The molecule has 0 heterocycles. The molecule has 0 fully saturated rings. The van der Waals surface area contributed by atoms with Crippen LogP contribution in [0.2, 0.25) is 0 Å². The molecular weight excluding hydrogens is 194 g/mol. The number of primary amides is 1. The van der Waals surface area contributed by atoms with Gasteiger partial charge in [0.25, 0.3) is 0 Å². The van der Waals surface area contributed by atoms with Crippen molar-refractivity contribution in [2.24, 2.45) is 5.73 Å². The first kappa shape index (κ1) is 11.2. The number of ether oxygens (including phenoxy) is 1. The first-order valence-electron chi connectivity index (χ1n) is 4.47. The molecular formula is C10H15N3O2. The maximum atomic E-state index is 10.7. The minimum absolute atomic E-state index is 0.160. The molecule has 1 rings (SSSR count). The van der Waals surface area contributed by atoms with E-state index in [2.05, 4.69) is 0 Å². The van der Waals surface area contributed by atoms with E-state index in [1.54, 1.807) is 37.3 Å². The van der Waals surface area contributed by atoms with Gasteiger partial charge in [0.2, 0.25) is 5.91 Å². The number of nitrogens with zero attached hydrogens (tertiary/aromatic N) is 1. The molecule has 82 valence electrons. The van der Waals surface area contributed by atoms with Gasteiger partial charge in [-0.05, 0) is 12.1 Å². The molecule has 0 radical (unpaired) electrons. The SMILES string of the molecule is COc1cc(N(C)CC(N)=O)ccc1N. The number of anilines is 2.